The number of benzene rings is 2. The van der Waals surface area contributed by atoms with Crippen LogP contribution in [0, 0.1) is 9.39 Å². The molecule has 0 fully saturated rings. The molecule has 2 rings (SSSR count). The zero-order valence-corrected chi connectivity index (χ0v) is 11.4. The quantitative estimate of drug-likeness (QED) is 0.641. The van der Waals surface area contributed by atoms with Crippen molar-refractivity contribution in [1.29, 1.82) is 0 Å². The lowest BCUT2D eigenvalue weighted by molar-refractivity contribution is 0.102. The SMILES string of the molecule is Nc1cccc(F)c1NC(=O)c1ccc(I)cc1. The molecular formula is C13H10FIN2O. The number of amides is 1. The zero-order valence-electron chi connectivity index (χ0n) is 9.28. The minimum absolute atomic E-state index is 0.0149. The number of carbonyl (C=O) groups is 1. The van der Waals surface area contributed by atoms with Crippen molar-refractivity contribution in [3.05, 3.63) is 57.4 Å². The molecule has 1 amide bonds. The zero-order chi connectivity index (χ0) is 13.1. The standard InChI is InChI=1S/C13H10FIN2O/c14-10-2-1-3-11(16)12(10)17-13(18)8-4-6-9(15)7-5-8/h1-7H,16H2,(H,17,18). The van der Waals surface area contributed by atoms with Gasteiger partial charge in [0.2, 0.25) is 0 Å². The number of halogens is 2. The second kappa shape index (κ2) is 5.34. The van der Waals surface area contributed by atoms with Gasteiger partial charge in [0, 0.05) is 9.13 Å². The molecular weight excluding hydrogens is 346 g/mol. The van der Waals surface area contributed by atoms with Crippen LogP contribution in [0.5, 0.6) is 0 Å². The number of carbonyl (C=O) groups excluding carboxylic acids is 1. The summed E-state index contributed by atoms with van der Waals surface area (Å²) < 4.78 is 14.5. The van der Waals surface area contributed by atoms with Gasteiger partial charge in [0.15, 0.2) is 0 Å². The molecule has 0 bridgehead atoms. The second-order valence-electron chi connectivity index (χ2n) is 3.67. The Bertz CT molecular complexity index is 564. The Hall–Kier alpha value is -1.63. The number of nitrogens with two attached hydrogens (primary N) is 1. The first-order chi connectivity index (χ1) is 8.58. The summed E-state index contributed by atoms with van der Waals surface area (Å²) in [6.45, 7) is 0. The van der Waals surface area contributed by atoms with E-state index in [1.165, 1.54) is 18.2 Å². The van der Waals surface area contributed by atoms with Crippen LogP contribution in [0.4, 0.5) is 15.8 Å². The van der Waals surface area contributed by atoms with Crippen LogP contribution in [0.3, 0.4) is 0 Å². The van der Waals surface area contributed by atoms with Crippen LogP contribution in [0.15, 0.2) is 42.5 Å². The Morgan fingerprint density at radius 2 is 1.83 bits per heavy atom. The van der Waals surface area contributed by atoms with Crippen LogP contribution >= 0.6 is 22.6 Å². The summed E-state index contributed by atoms with van der Waals surface area (Å²) >= 11 is 2.14. The summed E-state index contributed by atoms with van der Waals surface area (Å²) in [5.41, 5.74) is 6.29. The molecule has 3 nitrogen and oxygen atoms in total. The molecule has 5 heteroatoms. The van der Waals surface area contributed by atoms with Gasteiger partial charge in [-0.3, -0.25) is 4.79 Å². The van der Waals surface area contributed by atoms with E-state index in [0.717, 1.165) is 3.57 Å². The van der Waals surface area contributed by atoms with Gasteiger partial charge in [-0.1, -0.05) is 6.07 Å². The fourth-order valence-corrected chi connectivity index (χ4v) is 1.82. The van der Waals surface area contributed by atoms with Gasteiger partial charge in [-0.25, -0.2) is 4.39 Å². The van der Waals surface area contributed by atoms with Crippen molar-refractivity contribution in [2.75, 3.05) is 11.1 Å². The molecule has 0 atom stereocenters. The van der Waals surface area contributed by atoms with Crippen molar-refractivity contribution in [3.8, 4) is 0 Å². The summed E-state index contributed by atoms with van der Waals surface area (Å²) in [5, 5.41) is 2.47. The van der Waals surface area contributed by atoms with Gasteiger partial charge in [0.1, 0.15) is 11.5 Å². The van der Waals surface area contributed by atoms with Crippen molar-refractivity contribution in [1.82, 2.24) is 0 Å². The Balaban J connectivity index is 2.24. The van der Waals surface area contributed by atoms with E-state index in [4.69, 9.17) is 5.73 Å². The van der Waals surface area contributed by atoms with Gasteiger partial charge in [0.25, 0.3) is 5.91 Å². The third-order valence-electron chi connectivity index (χ3n) is 2.39. The molecule has 0 aliphatic heterocycles. The molecule has 0 saturated heterocycles. The number of para-hydroxylation sites is 1. The second-order valence-corrected chi connectivity index (χ2v) is 4.91. The number of hydrogen-bond donors (Lipinski definition) is 2. The van der Waals surface area contributed by atoms with E-state index in [1.807, 2.05) is 0 Å². The first-order valence-electron chi connectivity index (χ1n) is 5.19. The monoisotopic (exact) mass is 356 g/mol. The largest absolute Gasteiger partial charge is 0.397 e. The fourth-order valence-electron chi connectivity index (χ4n) is 1.46. The molecule has 0 heterocycles. The Labute approximate surface area is 117 Å². The van der Waals surface area contributed by atoms with Gasteiger partial charge in [-0.05, 0) is 59.0 Å². The van der Waals surface area contributed by atoms with Crippen LogP contribution in [-0.4, -0.2) is 5.91 Å². The fraction of sp³-hybridized carbons (Fsp3) is 0. The molecule has 0 radical (unpaired) electrons. The van der Waals surface area contributed by atoms with Gasteiger partial charge in [-0.2, -0.15) is 0 Å². The van der Waals surface area contributed by atoms with Crippen LogP contribution in [0.2, 0.25) is 0 Å². The highest BCUT2D eigenvalue weighted by Gasteiger charge is 2.11. The van der Waals surface area contributed by atoms with Crippen LogP contribution in [-0.2, 0) is 0 Å². The van der Waals surface area contributed by atoms with Gasteiger partial charge < -0.3 is 11.1 Å². The first-order valence-corrected chi connectivity index (χ1v) is 6.26. The Kier molecular flexibility index (Phi) is 3.81. The Morgan fingerprint density at radius 3 is 2.44 bits per heavy atom. The van der Waals surface area contributed by atoms with Crippen LogP contribution < -0.4 is 11.1 Å². The Morgan fingerprint density at radius 1 is 1.17 bits per heavy atom. The van der Waals surface area contributed by atoms with E-state index in [0.29, 0.717) is 5.56 Å². The average Bonchev–Trinajstić information content (AvgIpc) is 2.34. The molecule has 92 valence electrons. The third kappa shape index (κ3) is 2.79. The minimum atomic E-state index is -0.547. The molecule has 0 unspecified atom stereocenters. The van der Waals surface area contributed by atoms with Crippen LogP contribution in [0.1, 0.15) is 10.4 Å². The molecule has 0 aliphatic carbocycles. The summed E-state index contributed by atoms with van der Waals surface area (Å²) in [6.07, 6.45) is 0. The molecule has 0 saturated carbocycles. The van der Waals surface area contributed by atoms with Crippen molar-refractivity contribution in [3.63, 3.8) is 0 Å². The van der Waals surface area contributed by atoms with E-state index in [2.05, 4.69) is 27.9 Å². The maximum Gasteiger partial charge on any atom is 0.255 e. The summed E-state index contributed by atoms with van der Waals surface area (Å²) in [7, 11) is 0. The molecule has 2 aromatic carbocycles. The van der Waals surface area contributed by atoms with Crippen molar-refractivity contribution in [2.24, 2.45) is 0 Å². The predicted octanol–water partition coefficient (Wildman–Crippen LogP) is 3.26. The highest BCUT2D eigenvalue weighted by molar-refractivity contribution is 14.1. The van der Waals surface area contributed by atoms with E-state index in [-0.39, 0.29) is 17.3 Å². The highest BCUT2D eigenvalue weighted by Crippen LogP contribution is 2.22. The molecule has 0 aliphatic rings. The lowest BCUT2D eigenvalue weighted by Crippen LogP contribution is -2.14. The normalized spacial score (nSPS) is 10.1. The van der Waals surface area contributed by atoms with E-state index >= 15 is 0 Å². The molecule has 18 heavy (non-hydrogen) atoms. The van der Waals surface area contributed by atoms with Gasteiger partial charge in [-0.15, -0.1) is 0 Å². The lowest BCUT2D eigenvalue weighted by atomic mass is 10.2. The maximum absolute atomic E-state index is 13.5. The lowest BCUT2D eigenvalue weighted by Gasteiger charge is -2.09. The molecule has 0 spiro atoms. The molecule has 3 N–H and O–H groups in total. The van der Waals surface area contributed by atoms with Crippen molar-refractivity contribution in [2.45, 2.75) is 0 Å². The van der Waals surface area contributed by atoms with Gasteiger partial charge in [0.05, 0.1) is 5.69 Å². The van der Waals surface area contributed by atoms with E-state index in [9.17, 15) is 9.18 Å². The third-order valence-corrected chi connectivity index (χ3v) is 3.11. The topological polar surface area (TPSA) is 55.1 Å². The average molecular weight is 356 g/mol. The molecule has 2 aromatic rings. The highest BCUT2D eigenvalue weighted by atomic mass is 127. The number of nitrogen functional groups attached to an aromatic ring is 1. The smallest absolute Gasteiger partial charge is 0.255 e. The minimum Gasteiger partial charge on any atom is -0.397 e. The summed E-state index contributed by atoms with van der Waals surface area (Å²) in [4.78, 5) is 11.9. The number of anilines is 2. The van der Waals surface area contributed by atoms with Crippen LogP contribution in [0.25, 0.3) is 0 Å². The van der Waals surface area contributed by atoms with Crippen molar-refractivity contribution < 1.29 is 9.18 Å². The van der Waals surface area contributed by atoms with Gasteiger partial charge >= 0.3 is 0 Å². The number of hydrogen-bond acceptors (Lipinski definition) is 2. The number of rotatable bonds is 2. The summed E-state index contributed by atoms with van der Waals surface area (Å²) in [5.74, 6) is -0.933. The van der Waals surface area contributed by atoms with Crippen molar-refractivity contribution >= 4 is 39.9 Å². The summed E-state index contributed by atoms with van der Waals surface area (Å²) in [6, 6.07) is 11.2. The first kappa shape index (κ1) is 12.8. The predicted molar refractivity (Wildman–Crippen MR) is 77.9 cm³/mol. The molecule has 0 aromatic heterocycles. The van der Waals surface area contributed by atoms with E-state index < -0.39 is 5.82 Å². The maximum atomic E-state index is 13.5. The van der Waals surface area contributed by atoms with E-state index in [1.54, 1.807) is 24.3 Å². The number of nitrogens with one attached hydrogen (secondary N) is 1.